The van der Waals surface area contributed by atoms with E-state index >= 15 is 0 Å². The number of anilines is 1. The molecule has 84 valence electrons. The fraction of sp³-hybridized carbons (Fsp3) is 0.250. The summed E-state index contributed by atoms with van der Waals surface area (Å²) in [5.74, 6) is 0. The van der Waals surface area contributed by atoms with Gasteiger partial charge in [-0.1, -0.05) is 17.7 Å². The van der Waals surface area contributed by atoms with Gasteiger partial charge in [-0.15, -0.1) is 0 Å². The molecule has 0 aliphatic rings. The Bertz CT molecular complexity index is 491. The van der Waals surface area contributed by atoms with Crippen LogP contribution in [0.3, 0.4) is 0 Å². The number of halogens is 1. The highest BCUT2D eigenvalue weighted by Crippen LogP contribution is 2.20. The summed E-state index contributed by atoms with van der Waals surface area (Å²) in [5, 5.41) is 8.20. The van der Waals surface area contributed by atoms with Crippen molar-refractivity contribution in [3.63, 3.8) is 0 Å². The van der Waals surface area contributed by atoms with Crippen LogP contribution >= 0.6 is 11.6 Å². The minimum absolute atomic E-state index is 0.757. The predicted octanol–water partition coefficient (Wildman–Crippen LogP) is 2.99. The highest BCUT2D eigenvalue weighted by atomic mass is 35.5. The molecule has 0 saturated heterocycles. The number of nitrogens with one attached hydrogen (secondary N) is 1. The summed E-state index contributed by atoms with van der Waals surface area (Å²) in [6.07, 6.45) is 3.84. The maximum atomic E-state index is 6.04. The molecule has 0 spiro atoms. The van der Waals surface area contributed by atoms with Gasteiger partial charge in [-0.05, 0) is 24.6 Å². The Hall–Kier alpha value is -1.48. The first-order valence-electron chi connectivity index (χ1n) is 5.13. The number of hydrogen-bond acceptors (Lipinski definition) is 2. The molecule has 1 aromatic carbocycles. The van der Waals surface area contributed by atoms with E-state index in [2.05, 4.69) is 10.4 Å². The van der Waals surface area contributed by atoms with E-state index in [0.29, 0.717) is 0 Å². The van der Waals surface area contributed by atoms with Crippen molar-refractivity contribution < 1.29 is 0 Å². The van der Waals surface area contributed by atoms with Crippen molar-refractivity contribution in [2.24, 2.45) is 7.05 Å². The van der Waals surface area contributed by atoms with Gasteiger partial charge >= 0.3 is 0 Å². The van der Waals surface area contributed by atoms with Gasteiger partial charge in [-0.3, -0.25) is 4.68 Å². The summed E-state index contributed by atoms with van der Waals surface area (Å²) in [6, 6.07) is 5.97. The fourth-order valence-electron chi connectivity index (χ4n) is 1.47. The third-order valence-corrected chi connectivity index (χ3v) is 2.83. The Morgan fingerprint density at radius 1 is 1.44 bits per heavy atom. The second-order valence-electron chi connectivity index (χ2n) is 3.84. The molecule has 2 rings (SSSR count). The summed E-state index contributed by atoms with van der Waals surface area (Å²) < 4.78 is 1.79. The number of rotatable bonds is 3. The Balaban J connectivity index is 2.02. The van der Waals surface area contributed by atoms with E-state index in [1.165, 1.54) is 0 Å². The van der Waals surface area contributed by atoms with E-state index < -0.39 is 0 Å². The van der Waals surface area contributed by atoms with Crippen molar-refractivity contribution in [3.05, 3.63) is 46.7 Å². The van der Waals surface area contributed by atoms with Crippen molar-refractivity contribution in [2.45, 2.75) is 13.5 Å². The lowest BCUT2D eigenvalue weighted by atomic mass is 10.2. The quantitative estimate of drug-likeness (QED) is 0.887. The summed E-state index contributed by atoms with van der Waals surface area (Å²) in [6.45, 7) is 2.75. The molecule has 0 fully saturated rings. The first kappa shape index (κ1) is 11.0. The minimum Gasteiger partial charge on any atom is -0.381 e. The van der Waals surface area contributed by atoms with Gasteiger partial charge in [0.05, 0.1) is 6.20 Å². The molecular weight excluding hydrogens is 222 g/mol. The normalized spacial score (nSPS) is 10.4. The molecule has 16 heavy (non-hydrogen) atoms. The van der Waals surface area contributed by atoms with Crippen molar-refractivity contribution in [1.29, 1.82) is 0 Å². The summed E-state index contributed by atoms with van der Waals surface area (Å²) in [5.41, 5.74) is 3.27. The van der Waals surface area contributed by atoms with Crippen molar-refractivity contribution in [2.75, 3.05) is 5.32 Å². The minimum atomic E-state index is 0.757. The highest BCUT2D eigenvalue weighted by Gasteiger charge is 1.99. The number of nitrogens with zero attached hydrogens (tertiary/aromatic N) is 2. The largest absolute Gasteiger partial charge is 0.381 e. The molecule has 0 aliphatic carbocycles. The number of hydrogen-bond donors (Lipinski definition) is 1. The molecule has 0 radical (unpaired) electrons. The zero-order valence-corrected chi connectivity index (χ0v) is 10.1. The van der Waals surface area contributed by atoms with E-state index in [0.717, 1.165) is 28.4 Å². The Kier molecular flexibility index (Phi) is 3.15. The first-order valence-corrected chi connectivity index (χ1v) is 5.50. The van der Waals surface area contributed by atoms with E-state index in [1.54, 1.807) is 4.68 Å². The van der Waals surface area contributed by atoms with Crippen LogP contribution in [0.1, 0.15) is 11.1 Å². The van der Waals surface area contributed by atoms with Gasteiger partial charge in [0.15, 0.2) is 0 Å². The molecule has 1 heterocycles. The standard InChI is InChI=1S/C12H14ClN3/c1-9-3-4-11(5-12(9)13)14-6-10-7-15-16(2)8-10/h3-5,7-8,14H,6H2,1-2H3. The molecule has 0 atom stereocenters. The van der Waals surface area contributed by atoms with Crippen LogP contribution in [0.25, 0.3) is 0 Å². The predicted molar refractivity (Wildman–Crippen MR) is 66.7 cm³/mol. The van der Waals surface area contributed by atoms with Gasteiger partial charge in [0, 0.05) is 36.1 Å². The van der Waals surface area contributed by atoms with Gasteiger partial charge in [0.1, 0.15) is 0 Å². The number of benzene rings is 1. The van der Waals surface area contributed by atoms with Gasteiger partial charge < -0.3 is 5.32 Å². The van der Waals surface area contributed by atoms with Crippen LogP contribution in [0.4, 0.5) is 5.69 Å². The van der Waals surface area contributed by atoms with Gasteiger partial charge in [-0.25, -0.2) is 0 Å². The average molecular weight is 236 g/mol. The highest BCUT2D eigenvalue weighted by molar-refractivity contribution is 6.31. The van der Waals surface area contributed by atoms with Crippen molar-refractivity contribution in [1.82, 2.24) is 9.78 Å². The van der Waals surface area contributed by atoms with E-state index in [9.17, 15) is 0 Å². The van der Waals surface area contributed by atoms with E-state index in [-0.39, 0.29) is 0 Å². The van der Waals surface area contributed by atoms with Gasteiger partial charge in [0.25, 0.3) is 0 Å². The number of aromatic nitrogens is 2. The van der Waals surface area contributed by atoms with Crippen molar-refractivity contribution >= 4 is 17.3 Å². The van der Waals surface area contributed by atoms with E-state index in [1.807, 2.05) is 44.6 Å². The average Bonchev–Trinajstić information content (AvgIpc) is 2.66. The van der Waals surface area contributed by atoms with Crippen LogP contribution in [-0.2, 0) is 13.6 Å². The van der Waals surface area contributed by atoms with Crippen LogP contribution in [0, 0.1) is 6.92 Å². The zero-order chi connectivity index (χ0) is 11.5. The van der Waals surface area contributed by atoms with Crippen LogP contribution in [0.2, 0.25) is 5.02 Å². The maximum Gasteiger partial charge on any atom is 0.0539 e. The molecule has 1 aromatic heterocycles. The topological polar surface area (TPSA) is 29.9 Å². The fourth-order valence-corrected chi connectivity index (χ4v) is 1.65. The zero-order valence-electron chi connectivity index (χ0n) is 9.37. The molecule has 0 aliphatic heterocycles. The molecule has 2 aromatic rings. The Morgan fingerprint density at radius 3 is 2.88 bits per heavy atom. The summed E-state index contributed by atoms with van der Waals surface area (Å²) >= 11 is 6.04. The third-order valence-electron chi connectivity index (χ3n) is 2.43. The number of aryl methyl sites for hydroxylation is 2. The van der Waals surface area contributed by atoms with E-state index in [4.69, 9.17) is 11.6 Å². The van der Waals surface area contributed by atoms with Crippen molar-refractivity contribution in [3.8, 4) is 0 Å². The second-order valence-corrected chi connectivity index (χ2v) is 4.25. The van der Waals surface area contributed by atoms with Crippen LogP contribution < -0.4 is 5.32 Å². The lowest BCUT2D eigenvalue weighted by Crippen LogP contribution is -1.98. The third kappa shape index (κ3) is 2.55. The van der Waals surface area contributed by atoms with Crippen LogP contribution in [0.5, 0.6) is 0 Å². The summed E-state index contributed by atoms with van der Waals surface area (Å²) in [4.78, 5) is 0. The SMILES string of the molecule is Cc1ccc(NCc2cnn(C)c2)cc1Cl. The van der Waals surface area contributed by atoms with Gasteiger partial charge in [0.2, 0.25) is 0 Å². The van der Waals surface area contributed by atoms with Crippen LogP contribution in [-0.4, -0.2) is 9.78 Å². The molecular formula is C12H14ClN3. The summed E-state index contributed by atoms with van der Waals surface area (Å²) in [7, 11) is 1.91. The molecule has 0 saturated carbocycles. The van der Waals surface area contributed by atoms with Gasteiger partial charge in [-0.2, -0.15) is 5.10 Å². The monoisotopic (exact) mass is 235 g/mol. The molecule has 0 unspecified atom stereocenters. The maximum absolute atomic E-state index is 6.04. The lowest BCUT2D eigenvalue weighted by Gasteiger charge is -2.06. The molecule has 1 N–H and O–H groups in total. The Morgan fingerprint density at radius 2 is 2.25 bits per heavy atom. The smallest absolute Gasteiger partial charge is 0.0539 e. The Labute approximate surface area is 100 Å². The molecule has 4 heteroatoms. The first-order chi connectivity index (χ1) is 7.65. The molecule has 0 amide bonds. The molecule has 3 nitrogen and oxygen atoms in total. The lowest BCUT2D eigenvalue weighted by molar-refractivity contribution is 0.767. The van der Waals surface area contributed by atoms with Crippen LogP contribution in [0.15, 0.2) is 30.6 Å². The second kappa shape index (κ2) is 4.58. The molecule has 0 bridgehead atoms.